The first-order chi connectivity index (χ1) is 9.72. The summed E-state index contributed by atoms with van der Waals surface area (Å²) in [5, 5.41) is 17.0. The van der Waals surface area contributed by atoms with Gasteiger partial charge in [-0.1, -0.05) is 0 Å². The van der Waals surface area contributed by atoms with Crippen LogP contribution < -0.4 is 5.32 Å². The van der Waals surface area contributed by atoms with E-state index in [1.54, 1.807) is 0 Å². The molecule has 2 aromatic rings. The predicted molar refractivity (Wildman–Crippen MR) is 75.5 cm³/mol. The number of hydrogen-bond donors (Lipinski definition) is 3. The molecule has 3 N–H and O–H groups in total. The first kappa shape index (κ1) is 12.9. The average molecular weight is 273 g/mol. The van der Waals surface area contributed by atoms with Crippen LogP contribution >= 0.6 is 0 Å². The Morgan fingerprint density at radius 3 is 2.95 bits per heavy atom. The van der Waals surface area contributed by atoms with Gasteiger partial charge in [-0.2, -0.15) is 10.2 Å². The van der Waals surface area contributed by atoms with E-state index in [1.165, 1.54) is 24.1 Å². The van der Waals surface area contributed by atoms with E-state index in [2.05, 4.69) is 25.7 Å². The summed E-state index contributed by atoms with van der Waals surface area (Å²) < 4.78 is 0. The zero-order valence-corrected chi connectivity index (χ0v) is 11.6. The Labute approximate surface area is 117 Å². The number of H-pyrrole nitrogens is 2. The molecule has 20 heavy (non-hydrogen) atoms. The minimum Gasteiger partial charge on any atom is -0.309 e. The number of anilines is 1. The van der Waals surface area contributed by atoms with Gasteiger partial charge in [0, 0.05) is 30.3 Å². The van der Waals surface area contributed by atoms with Crippen LogP contribution in [0.3, 0.4) is 0 Å². The number of nitrogens with one attached hydrogen (secondary N) is 3. The van der Waals surface area contributed by atoms with Gasteiger partial charge in [-0.15, -0.1) is 0 Å². The van der Waals surface area contributed by atoms with Gasteiger partial charge < -0.3 is 5.32 Å². The van der Waals surface area contributed by atoms with E-state index in [4.69, 9.17) is 0 Å². The zero-order valence-electron chi connectivity index (χ0n) is 11.6. The quantitative estimate of drug-likeness (QED) is 0.795. The molecule has 0 atom stereocenters. The van der Waals surface area contributed by atoms with Crippen molar-refractivity contribution >= 4 is 11.7 Å². The molecule has 0 aromatic carbocycles. The van der Waals surface area contributed by atoms with Crippen molar-refractivity contribution in [1.82, 2.24) is 20.4 Å². The van der Waals surface area contributed by atoms with Crippen molar-refractivity contribution < 1.29 is 4.79 Å². The largest absolute Gasteiger partial charge is 0.309 e. The number of carbonyl (C=O) groups excluding carboxylic acids is 1. The van der Waals surface area contributed by atoms with Crippen LogP contribution in [0.2, 0.25) is 0 Å². The number of fused-ring (bicyclic) bond motifs is 1. The van der Waals surface area contributed by atoms with Crippen LogP contribution in [0.25, 0.3) is 0 Å². The maximum atomic E-state index is 11.9. The Kier molecular flexibility index (Phi) is 3.54. The van der Waals surface area contributed by atoms with Gasteiger partial charge in [-0.25, -0.2) is 0 Å². The lowest BCUT2D eigenvalue weighted by Crippen LogP contribution is -2.13. The Morgan fingerprint density at radius 2 is 2.15 bits per heavy atom. The van der Waals surface area contributed by atoms with Crippen molar-refractivity contribution in [3.63, 3.8) is 0 Å². The SMILES string of the molecule is Cc1cc(NC(=O)CCc2n[nH]c3c2CCCC3)n[nH]1. The first-order valence-corrected chi connectivity index (χ1v) is 7.09. The molecule has 0 bridgehead atoms. The van der Waals surface area contributed by atoms with Crippen molar-refractivity contribution in [1.29, 1.82) is 0 Å². The number of aryl methyl sites for hydroxylation is 3. The van der Waals surface area contributed by atoms with E-state index in [0.29, 0.717) is 18.7 Å². The van der Waals surface area contributed by atoms with Crippen molar-refractivity contribution in [3.05, 3.63) is 28.7 Å². The maximum Gasteiger partial charge on any atom is 0.225 e. The van der Waals surface area contributed by atoms with Gasteiger partial charge in [-0.3, -0.25) is 15.0 Å². The van der Waals surface area contributed by atoms with E-state index >= 15 is 0 Å². The van der Waals surface area contributed by atoms with Crippen molar-refractivity contribution in [2.24, 2.45) is 0 Å². The van der Waals surface area contributed by atoms with Gasteiger partial charge in [0.15, 0.2) is 5.82 Å². The molecule has 0 radical (unpaired) electrons. The summed E-state index contributed by atoms with van der Waals surface area (Å²) >= 11 is 0. The monoisotopic (exact) mass is 273 g/mol. The van der Waals surface area contributed by atoms with Crippen LogP contribution in [-0.2, 0) is 24.1 Å². The lowest BCUT2D eigenvalue weighted by Gasteiger charge is -2.10. The minimum absolute atomic E-state index is 0.0240. The molecule has 3 rings (SSSR count). The van der Waals surface area contributed by atoms with Crippen LogP contribution in [0.4, 0.5) is 5.82 Å². The number of aromatic amines is 2. The zero-order chi connectivity index (χ0) is 13.9. The summed E-state index contributed by atoms with van der Waals surface area (Å²) in [7, 11) is 0. The van der Waals surface area contributed by atoms with Crippen molar-refractivity contribution in [2.45, 2.75) is 45.4 Å². The first-order valence-electron chi connectivity index (χ1n) is 7.09. The molecule has 6 heteroatoms. The Balaban J connectivity index is 1.56. The molecule has 1 aliphatic rings. The fourth-order valence-electron chi connectivity index (χ4n) is 2.68. The standard InChI is InChI=1S/C14H19N5O/c1-9-8-13(19-16-9)15-14(20)7-6-12-10-4-2-3-5-11(10)17-18-12/h8H,2-7H2,1H3,(H,17,18)(H2,15,16,19,20). The molecule has 0 fully saturated rings. The number of amides is 1. The fraction of sp³-hybridized carbons (Fsp3) is 0.500. The topological polar surface area (TPSA) is 86.5 Å². The third kappa shape index (κ3) is 2.74. The molecule has 1 amide bonds. The van der Waals surface area contributed by atoms with Gasteiger partial charge in [0.1, 0.15) is 0 Å². The number of carbonyl (C=O) groups is 1. The molecule has 0 aliphatic heterocycles. The Morgan fingerprint density at radius 1 is 1.30 bits per heavy atom. The second kappa shape index (κ2) is 5.48. The highest BCUT2D eigenvalue weighted by Crippen LogP contribution is 2.22. The second-order valence-corrected chi connectivity index (χ2v) is 5.32. The summed E-state index contributed by atoms with van der Waals surface area (Å²) in [6, 6.07) is 1.81. The lowest BCUT2D eigenvalue weighted by molar-refractivity contribution is -0.116. The van der Waals surface area contributed by atoms with Gasteiger partial charge in [-0.05, 0) is 38.2 Å². The van der Waals surface area contributed by atoms with Gasteiger partial charge >= 0.3 is 0 Å². The van der Waals surface area contributed by atoms with Gasteiger partial charge in [0.25, 0.3) is 0 Å². The van der Waals surface area contributed by atoms with Crippen molar-refractivity contribution in [3.8, 4) is 0 Å². The van der Waals surface area contributed by atoms with Gasteiger partial charge in [0.2, 0.25) is 5.91 Å². The van der Waals surface area contributed by atoms with E-state index < -0.39 is 0 Å². The summed E-state index contributed by atoms with van der Waals surface area (Å²) in [5.74, 6) is 0.556. The smallest absolute Gasteiger partial charge is 0.225 e. The van der Waals surface area contributed by atoms with E-state index in [1.807, 2.05) is 13.0 Å². The lowest BCUT2D eigenvalue weighted by atomic mass is 9.95. The molecule has 0 unspecified atom stereocenters. The molecule has 0 spiro atoms. The minimum atomic E-state index is -0.0240. The highest BCUT2D eigenvalue weighted by atomic mass is 16.1. The molecular weight excluding hydrogens is 254 g/mol. The highest BCUT2D eigenvalue weighted by Gasteiger charge is 2.17. The van der Waals surface area contributed by atoms with E-state index in [-0.39, 0.29) is 5.91 Å². The molecule has 2 aromatic heterocycles. The summed E-state index contributed by atoms with van der Waals surface area (Å²) in [4.78, 5) is 11.9. The number of aromatic nitrogens is 4. The number of nitrogens with zero attached hydrogens (tertiary/aromatic N) is 2. The molecule has 0 saturated heterocycles. The maximum absolute atomic E-state index is 11.9. The number of hydrogen-bond acceptors (Lipinski definition) is 3. The van der Waals surface area contributed by atoms with Crippen LogP contribution in [-0.4, -0.2) is 26.3 Å². The number of rotatable bonds is 4. The van der Waals surface area contributed by atoms with Crippen LogP contribution in [0.15, 0.2) is 6.07 Å². The van der Waals surface area contributed by atoms with Crippen LogP contribution in [0, 0.1) is 6.92 Å². The third-order valence-corrected chi connectivity index (χ3v) is 3.70. The second-order valence-electron chi connectivity index (χ2n) is 5.32. The molecule has 6 nitrogen and oxygen atoms in total. The summed E-state index contributed by atoms with van der Waals surface area (Å²) in [5.41, 5.74) is 4.57. The molecule has 2 heterocycles. The van der Waals surface area contributed by atoms with Crippen LogP contribution in [0.5, 0.6) is 0 Å². The van der Waals surface area contributed by atoms with E-state index in [0.717, 1.165) is 24.2 Å². The normalized spacial score (nSPS) is 14.1. The highest BCUT2D eigenvalue weighted by molar-refractivity contribution is 5.89. The van der Waals surface area contributed by atoms with Gasteiger partial charge in [0.05, 0.1) is 5.69 Å². The average Bonchev–Trinajstić information content (AvgIpc) is 3.03. The molecule has 0 saturated carbocycles. The van der Waals surface area contributed by atoms with E-state index in [9.17, 15) is 4.79 Å². The molecule has 1 aliphatic carbocycles. The molecular formula is C14H19N5O. The Hall–Kier alpha value is -2.11. The predicted octanol–water partition coefficient (Wildman–Crippen LogP) is 1.89. The summed E-state index contributed by atoms with van der Waals surface area (Å²) in [6.45, 7) is 1.90. The van der Waals surface area contributed by atoms with Crippen molar-refractivity contribution in [2.75, 3.05) is 5.32 Å². The molecule has 106 valence electrons. The fourth-order valence-corrected chi connectivity index (χ4v) is 2.68. The third-order valence-electron chi connectivity index (χ3n) is 3.70. The Bertz CT molecular complexity index is 613. The van der Waals surface area contributed by atoms with Crippen LogP contribution in [0.1, 0.15) is 41.9 Å². The summed E-state index contributed by atoms with van der Waals surface area (Å²) in [6.07, 6.45) is 5.73.